The van der Waals surface area contributed by atoms with Crippen LogP contribution in [0.4, 0.5) is 0 Å². The molecule has 0 saturated heterocycles. The van der Waals surface area contributed by atoms with Crippen LogP contribution in [0.25, 0.3) is 0 Å². The molecule has 2 rings (SSSR count). The third-order valence-corrected chi connectivity index (χ3v) is 4.57. The van der Waals surface area contributed by atoms with E-state index in [2.05, 4.69) is 43.3 Å². The zero-order valence-corrected chi connectivity index (χ0v) is 12.6. The number of benzene rings is 2. The lowest BCUT2D eigenvalue weighted by Crippen LogP contribution is -2.09. The number of rotatable bonds is 6. The van der Waals surface area contributed by atoms with Crippen LogP contribution in [0.3, 0.4) is 0 Å². The molecular formula is C17H21OP. The highest BCUT2D eigenvalue weighted by molar-refractivity contribution is 7.55. The minimum atomic E-state index is 0.729. The van der Waals surface area contributed by atoms with Crippen LogP contribution >= 0.6 is 8.58 Å². The predicted molar refractivity (Wildman–Crippen MR) is 85.6 cm³/mol. The summed E-state index contributed by atoms with van der Waals surface area (Å²) in [5.41, 5.74) is 1.50. The summed E-state index contributed by atoms with van der Waals surface area (Å²) in [6, 6.07) is 17.2. The number of aryl methyl sites for hydroxylation is 1. The van der Waals surface area contributed by atoms with E-state index in [0.29, 0.717) is 0 Å². The fraction of sp³-hybridized carbons (Fsp3) is 0.294. The van der Waals surface area contributed by atoms with Crippen molar-refractivity contribution in [3.8, 4) is 5.75 Å². The van der Waals surface area contributed by atoms with Gasteiger partial charge in [-0.1, -0.05) is 58.3 Å². The van der Waals surface area contributed by atoms with E-state index >= 15 is 0 Å². The van der Waals surface area contributed by atoms with Gasteiger partial charge < -0.3 is 4.74 Å². The highest BCUT2D eigenvalue weighted by Crippen LogP contribution is 2.17. The molecule has 2 aromatic rings. The number of ether oxygens (including phenoxy) is 1. The molecule has 0 amide bonds. The number of methoxy groups -OCH3 is 1. The average molecular weight is 272 g/mol. The zero-order chi connectivity index (χ0) is 13.5. The second-order valence-electron chi connectivity index (χ2n) is 4.61. The van der Waals surface area contributed by atoms with Crippen molar-refractivity contribution in [3.63, 3.8) is 0 Å². The predicted octanol–water partition coefficient (Wildman–Crippen LogP) is 3.67. The summed E-state index contributed by atoms with van der Waals surface area (Å²) >= 11 is 0. The van der Waals surface area contributed by atoms with Gasteiger partial charge in [0.1, 0.15) is 5.75 Å². The van der Waals surface area contributed by atoms with Gasteiger partial charge in [0, 0.05) is 0 Å². The highest BCUT2D eigenvalue weighted by Gasteiger charge is 2.03. The molecule has 19 heavy (non-hydrogen) atoms. The molecule has 0 spiro atoms. The molecule has 0 aliphatic rings. The van der Waals surface area contributed by atoms with Gasteiger partial charge in [-0.05, 0) is 41.1 Å². The van der Waals surface area contributed by atoms with E-state index in [4.69, 9.17) is 4.74 Å². The van der Waals surface area contributed by atoms with Crippen LogP contribution in [-0.2, 0) is 6.42 Å². The fourth-order valence-corrected chi connectivity index (χ4v) is 3.25. The van der Waals surface area contributed by atoms with Gasteiger partial charge in [-0.2, -0.15) is 0 Å². The number of hydrogen-bond acceptors (Lipinski definition) is 1. The van der Waals surface area contributed by atoms with E-state index in [1.165, 1.54) is 35.4 Å². The van der Waals surface area contributed by atoms with Gasteiger partial charge >= 0.3 is 0 Å². The van der Waals surface area contributed by atoms with Crippen LogP contribution in [0, 0.1) is 0 Å². The summed E-state index contributed by atoms with van der Waals surface area (Å²) in [6.07, 6.45) is 3.71. The molecule has 0 N–H and O–H groups in total. The van der Waals surface area contributed by atoms with Gasteiger partial charge in [-0.15, -0.1) is 0 Å². The van der Waals surface area contributed by atoms with Crippen LogP contribution < -0.4 is 15.3 Å². The van der Waals surface area contributed by atoms with Crippen molar-refractivity contribution in [2.45, 2.75) is 26.2 Å². The van der Waals surface area contributed by atoms with Gasteiger partial charge in [-0.3, -0.25) is 0 Å². The second-order valence-corrected chi connectivity index (χ2v) is 5.98. The molecule has 0 fully saturated rings. The summed E-state index contributed by atoms with van der Waals surface area (Å²) in [4.78, 5) is 0. The lowest BCUT2D eigenvalue weighted by Gasteiger charge is -2.09. The van der Waals surface area contributed by atoms with Crippen molar-refractivity contribution in [2.75, 3.05) is 7.11 Å². The molecule has 0 aromatic heterocycles. The Bertz CT molecular complexity index is 505. The summed E-state index contributed by atoms with van der Waals surface area (Å²) in [7, 11) is 2.43. The van der Waals surface area contributed by atoms with Crippen molar-refractivity contribution in [1.29, 1.82) is 0 Å². The van der Waals surface area contributed by atoms with E-state index in [0.717, 1.165) is 14.3 Å². The van der Waals surface area contributed by atoms with Crippen molar-refractivity contribution >= 4 is 19.2 Å². The Balaban J connectivity index is 2.12. The van der Waals surface area contributed by atoms with Crippen molar-refractivity contribution < 1.29 is 4.74 Å². The topological polar surface area (TPSA) is 9.23 Å². The van der Waals surface area contributed by atoms with Crippen LogP contribution in [0.2, 0.25) is 0 Å². The molecule has 1 nitrogen and oxygen atoms in total. The third-order valence-electron chi connectivity index (χ3n) is 3.19. The Morgan fingerprint density at radius 1 is 1.00 bits per heavy atom. The molecular weight excluding hydrogens is 251 g/mol. The maximum Gasteiger partial charge on any atom is 0.118 e. The first kappa shape index (κ1) is 14.1. The van der Waals surface area contributed by atoms with Crippen molar-refractivity contribution in [1.82, 2.24) is 0 Å². The van der Waals surface area contributed by atoms with Crippen molar-refractivity contribution in [3.05, 3.63) is 54.1 Å². The van der Waals surface area contributed by atoms with Gasteiger partial charge in [-0.25, -0.2) is 0 Å². The molecule has 2 aromatic carbocycles. The van der Waals surface area contributed by atoms with Gasteiger partial charge in [0.2, 0.25) is 0 Å². The lowest BCUT2D eigenvalue weighted by molar-refractivity contribution is 0.415. The minimum absolute atomic E-state index is 0.729. The van der Waals surface area contributed by atoms with Crippen LogP contribution in [0.15, 0.2) is 48.5 Å². The molecule has 0 aliphatic carbocycles. The molecule has 100 valence electrons. The highest BCUT2D eigenvalue weighted by atomic mass is 31.1. The van der Waals surface area contributed by atoms with Gasteiger partial charge in [0.15, 0.2) is 0 Å². The Hall–Kier alpha value is -1.33. The van der Waals surface area contributed by atoms with Gasteiger partial charge in [0.05, 0.1) is 7.11 Å². The standard InChI is InChI=1S/C17H21OP/c1-3-4-7-14-8-5-6-9-17(14)19-16-12-10-15(18-2)11-13-16/h5-6,8-13,19H,3-4,7H2,1-2H3. The lowest BCUT2D eigenvalue weighted by atomic mass is 10.1. The maximum atomic E-state index is 5.20. The zero-order valence-electron chi connectivity index (χ0n) is 11.6. The van der Waals surface area contributed by atoms with E-state index < -0.39 is 0 Å². The monoisotopic (exact) mass is 272 g/mol. The molecule has 0 heterocycles. The van der Waals surface area contributed by atoms with Crippen LogP contribution in [-0.4, -0.2) is 7.11 Å². The first-order chi connectivity index (χ1) is 9.33. The average Bonchev–Trinajstić information content (AvgIpc) is 2.47. The Morgan fingerprint density at radius 2 is 1.74 bits per heavy atom. The largest absolute Gasteiger partial charge is 0.497 e. The normalized spacial score (nSPS) is 11.1. The first-order valence-corrected chi connectivity index (χ1v) is 7.82. The first-order valence-electron chi connectivity index (χ1n) is 6.82. The Labute approximate surface area is 117 Å². The summed E-state index contributed by atoms with van der Waals surface area (Å²) in [6.45, 7) is 2.24. The Morgan fingerprint density at radius 3 is 2.42 bits per heavy atom. The van der Waals surface area contributed by atoms with E-state index in [1.54, 1.807) is 7.11 Å². The molecule has 0 aliphatic heterocycles. The quantitative estimate of drug-likeness (QED) is 0.729. The van der Waals surface area contributed by atoms with E-state index in [-0.39, 0.29) is 0 Å². The molecule has 0 radical (unpaired) electrons. The van der Waals surface area contributed by atoms with Crippen LogP contribution in [0.5, 0.6) is 5.75 Å². The maximum absolute atomic E-state index is 5.20. The summed E-state index contributed by atoms with van der Waals surface area (Å²) in [5, 5.41) is 2.84. The fourth-order valence-electron chi connectivity index (χ4n) is 2.06. The molecule has 0 bridgehead atoms. The Kier molecular flexibility index (Phi) is 5.42. The van der Waals surface area contributed by atoms with Crippen molar-refractivity contribution in [2.24, 2.45) is 0 Å². The SMILES string of the molecule is CCCCc1ccccc1Pc1ccc(OC)cc1. The smallest absolute Gasteiger partial charge is 0.118 e. The minimum Gasteiger partial charge on any atom is -0.497 e. The molecule has 1 unspecified atom stereocenters. The second kappa shape index (κ2) is 7.31. The van der Waals surface area contributed by atoms with Crippen LogP contribution in [0.1, 0.15) is 25.3 Å². The molecule has 1 atom stereocenters. The third kappa shape index (κ3) is 4.08. The molecule has 2 heteroatoms. The van der Waals surface area contributed by atoms with Gasteiger partial charge in [0.25, 0.3) is 0 Å². The van der Waals surface area contributed by atoms with E-state index in [9.17, 15) is 0 Å². The number of unbranched alkanes of at least 4 members (excludes halogenated alkanes) is 1. The van der Waals surface area contributed by atoms with E-state index in [1.807, 2.05) is 12.1 Å². The summed E-state index contributed by atoms with van der Waals surface area (Å²) in [5.74, 6) is 0.924. The number of hydrogen-bond donors (Lipinski definition) is 0. The summed E-state index contributed by atoms with van der Waals surface area (Å²) < 4.78 is 5.20. The molecule has 0 saturated carbocycles.